The first-order chi connectivity index (χ1) is 13.3. The van der Waals surface area contributed by atoms with Gasteiger partial charge in [-0.05, 0) is 26.0 Å². The highest BCUT2D eigenvalue weighted by Crippen LogP contribution is 2.39. The van der Waals surface area contributed by atoms with E-state index < -0.39 is 46.2 Å². The first-order valence-electron chi connectivity index (χ1n) is 8.31. The molecule has 0 atom stereocenters. The van der Waals surface area contributed by atoms with Crippen molar-refractivity contribution in [2.24, 2.45) is 0 Å². The number of rotatable bonds is 5. The lowest BCUT2D eigenvalue weighted by atomic mass is 10.1. The van der Waals surface area contributed by atoms with Gasteiger partial charge in [-0.25, -0.2) is 9.59 Å². The van der Waals surface area contributed by atoms with E-state index >= 15 is 0 Å². The Morgan fingerprint density at radius 1 is 1.07 bits per heavy atom. The lowest BCUT2D eigenvalue weighted by Crippen LogP contribution is -2.14. The number of nitrogens with zero attached hydrogens (tertiary/aromatic N) is 2. The molecule has 2 heterocycles. The second kappa shape index (κ2) is 7.37. The van der Waals surface area contributed by atoms with Crippen molar-refractivity contribution in [1.82, 2.24) is 9.78 Å². The third-order valence-electron chi connectivity index (χ3n) is 3.73. The summed E-state index contributed by atoms with van der Waals surface area (Å²) in [4.78, 5) is 24.6. The van der Waals surface area contributed by atoms with Crippen LogP contribution in [0, 0.1) is 0 Å². The van der Waals surface area contributed by atoms with E-state index in [1.165, 1.54) is 26.0 Å². The van der Waals surface area contributed by atoms with Crippen molar-refractivity contribution in [2.45, 2.75) is 20.0 Å². The van der Waals surface area contributed by atoms with Crippen molar-refractivity contribution in [3.8, 4) is 5.69 Å². The van der Waals surface area contributed by atoms with Crippen LogP contribution in [0.1, 0.15) is 40.5 Å². The van der Waals surface area contributed by atoms with Gasteiger partial charge in [-0.3, -0.25) is 0 Å². The first-order valence-corrected chi connectivity index (χ1v) is 8.31. The van der Waals surface area contributed by atoms with Crippen LogP contribution in [0.2, 0.25) is 0 Å². The smallest absolute Gasteiger partial charge is 0.435 e. The molecule has 28 heavy (non-hydrogen) atoms. The molecule has 0 aliphatic carbocycles. The minimum absolute atomic E-state index is 0.0604. The van der Waals surface area contributed by atoms with Gasteiger partial charge in [-0.15, -0.1) is 0 Å². The Morgan fingerprint density at radius 3 is 2.25 bits per heavy atom. The molecule has 10 heteroatoms. The number of alkyl halides is 3. The average Bonchev–Trinajstić information content (AvgIpc) is 3.19. The molecule has 0 N–H and O–H groups in total. The average molecular weight is 396 g/mol. The number of fused-ring (bicyclic) bond motifs is 1. The third kappa shape index (κ3) is 3.32. The molecule has 0 saturated carbocycles. The quantitative estimate of drug-likeness (QED) is 0.607. The molecular formula is C18H15F3N2O5. The first kappa shape index (κ1) is 19.5. The van der Waals surface area contributed by atoms with Crippen LogP contribution >= 0.6 is 0 Å². The summed E-state index contributed by atoms with van der Waals surface area (Å²) in [5.41, 5.74) is -2.19. The SMILES string of the molecule is CCOC(=O)c1oc2c(c(C(F)(F)F)nn2-c2ccccc2)c1C(=O)OCC. The second-order valence-corrected chi connectivity index (χ2v) is 5.52. The van der Waals surface area contributed by atoms with Crippen LogP contribution in [0.25, 0.3) is 16.8 Å². The fourth-order valence-corrected chi connectivity index (χ4v) is 2.66. The van der Waals surface area contributed by atoms with Crippen LogP contribution in [0.4, 0.5) is 13.2 Å². The Bertz CT molecular complexity index is 1020. The normalized spacial score (nSPS) is 11.6. The van der Waals surface area contributed by atoms with Crippen LogP contribution in [-0.2, 0) is 15.7 Å². The predicted molar refractivity (Wildman–Crippen MR) is 90.3 cm³/mol. The van der Waals surface area contributed by atoms with Gasteiger partial charge in [0.25, 0.3) is 0 Å². The molecule has 0 spiro atoms. The van der Waals surface area contributed by atoms with E-state index in [1.807, 2.05) is 0 Å². The summed E-state index contributed by atoms with van der Waals surface area (Å²) in [6.07, 6.45) is -4.91. The fraction of sp³-hybridized carbons (Fsp3) is 0.278. The highest BCUT2D eigenvalue weighted by Gasteiger charge is 2.43. The summed E-state index contributed by atoms with van der Waals surface area (Å²) in [6.45, 7) is 2.83. The van der Waals surface area contributed by atoms with Gasteiger partial charge in [0.05, 0.1) is 24.3 Å². The lowest BCUT2D eigenvalue weighted by Gasteiger charge is -2.06. The molecule has 0 radical (unpaired) electrons. The minimum atomic E-state index is -4.91. The number of hydrogen-bond donors (Lipinski definition) is 0. The number of aromatic nitrogens is 2. The van der Waals surface area contributed by atoms with E-state index in [2.05, 4.69) is 5.10 Å². The van der Waals surface area contributed by atoms with Crippen molar-refractivity contribution in [3.63, 3.8) is 0 Å². The summed E-state index contributed by atoms with van der Waals surface area (Å²) in [5.74, 6) is -2.88. The zero-order valence-corrected chi connectivity index (χ0v) is 14.9. The van der Waals surface area contributed by atoms with Gasteiger partial charge in [-0.2, -0.15) is 23.0 Å². The number of carbonyl (C=O) groups is 2. The number of furan rings is 1. The molecule has 0 aliphatic heterocycles. The van der Waals surface area contributed by atoms with Crippen LogP contribution in [0.3, 0.4) is 0 Å². The topological polar surface area (TPSA) is 83.6 Å². The molecule has 3 aromatic rings. The standard InChI is InChI=1S/C18H15F3N2O5/c1-3-26-16(24)11-12-14(18(19,20)21)22-23(10-8-6-5-7-9-10)15(12)28-13(11)17(25)27-4-2/h5-9H,3-4H2,1-2H3. The maximum Gasteiger partial charge on any atom is 0.435 e. The number of ether oxygens (including phenoxy) is 2. The zero-order valence-electron chi connectivity index (χ0n) is 14.9. The van der Waals surface area contributed by atoms with E-state index in [0.717, 1.165) is 4.68 Å². The highest BCUT2D eigenvalue weighted by atomic mass is 19.4. The van der Waals surface area contributed by atoms with Crippen molar-refractivity contribution < 1.29 is 36.7 Å². The lowest BCUT2D eigenvalue weighted by molar-refractivity contribution is -0.140. The number of halogens is 3. The van der Waals surface area contributed by atoms with E-state index in [4.69, 9.17) is 13.9 Å². The van der Waals surface area contributed by atoms with E-state index in [9.17, 15) is 22.8 Å². The number of esters is 2. The Labute approximate surface area is 156 Å². The molecule has 0 unspecified atom stereocenters. The number of para-hydroxylation sites is 1. The summed E-state index contributed by atoms with van der Waals surface area (Å²) in [5, 5.41) is 2.92. The maximum atomic E-state index is 13.6. The van der Waals surface area contributed by atoms with Crippen molar-refractivity contribution >= 4 is 23.0 Å². The van der Waals surface area contributed by atoms with Crippen molar-refractivity contribution in [2.75, 3.05) is 13.2 Å². The Morgan fingerprint density at radius 2 is 1.68 bits per heavy atom. The summed E-state index contributed by atoms with van der Waals surface area (Å²) in [7, 11) is 0. The maximum absolute atomic E-state index is 13.6. The number of carbonyl (C=O) groups excluding carboxylic acids is 2. The Kier molecular flexibility index (Phi) is 5.12. The van der Waals surface area contributed by atoms with Gasteiger partial charge in [0.15, 0.2) is 5.69 Å². The molecule has 0 bridgehead atoms. The summed E-state index contributed by atoms with van der Waals surface area (Å²) in [6, 6.07) is 7.87. The summed E-state index contributed by atoms with van der Waals surface area (Å²) >= 11 is 0. The minimum Gasteiger partial charge on any atom is -0.462 e. The Balaban J connectivity index is 2.39. The van der Waals surface area contributed by atoms with Gasteiger partial charge >= 0.3 is 18.1 Å². The van der Waals surface area contributed by atoms with Crippen LogP contribution in [0.15, 0.2) is 34.7 Å². The molecule has 3 rings (SSSR count). The molecular weight excluding hydrogens is 381 g/mol. The molecule has 7 nitrogen and oxygen atoms in total. The van der Waals surface area contributed by atoms with Crippen LogP contribution in [-0.4, -0.2) is 34.9 Å². The van der Waals surface area contributed by atoms with Crippen molar-refractivity contribution in [1.29, 1.82) is 0 Å². The molecule has 0 aliphatic rings. The van der Waals surface area contributed by atoms with E-state index in [0.29, 0.717) is 0 Å². The monoisotopic (exact) mass is 396 g/mol. The highest BCUT2D eigenvalue weighted by molar-refractivity contribution is 6.11. The molecule has 2 aromatic heterocycles. The van der Waals surface area contributed by atoms with Crippen LogP contribution in [0.5, 0.6) is 0 Å². The number of hydrogen-bond acceptors (Lipinski definition) is 6. The van der Waals surface area contributed by atoms with Crippen LogP contribution < -0.4 is 0 Å². The zero-order chi connectivity index (χ0) is 20.5. The summed E-state index contributed by atoms with van der Waals surface area (Å²) < 4.78 is 56.8. The van der Waals surface area contributed by atoms with E-state index in [-0.39, 0.29) is 18.9 Å². The molecule has 148 valence electrons. The fourth-order valence-electron chi connectivity index (χ4n) is 2.66. The van der Waals surface area contributed by atoms with Gasteiger partial charge in [0.2, 0.25) is 11.5 Å². The second-order valence-electron chi connectivity index (χ2n) is 5.52. The molecule has 0 saturated heterocycles. The van der Waals surface area contributed by atoms with Gasteiger partial charge in [0.1, 0.15) is 5.56 Å². The third-order valence-corrected chi connectivity index (χ3v) is 3.73. The number of benzene rings is 1. The van der Waals surface area contributed by atoms with Gasteiger partial charge < -0.3 is 13.9 Å². The van der Waals surface area contributed by atoms with E-state index in [1.54, 1.807) is 18.2 Å². The van der Waals surface area contributed by atoms with Gasteiger partial charge in [-0.1, -0.05) is 18.2 Å². The largest absolute Gasteiger partial charge is 0.462 e. The van der Waals surface area contributed by atoms with Crippen molar-refractivity contribution in [3.05, 3.63) is 47.3 Å². The molecule has 0 amide bonds. The molecule has 1 aromatic carbocycles. The molecule has 0 fully saturated rings. The predicted octanol–water partition coefficient (Wildman–Crippen LogP) is 3.99. The van der Waals surface area contributed by atoms with Gasteiger partial charge in [0, 0.05) is 0 Å². The Hall–Kier alpha value is -3.30.